The minimum atomic E-state index is -1.08. The second kappa shape index (κ2) is 9.86. The summed E-state index contributed by atoms with van der Waals surface area (Å²) in [5, 5.41) is 8.07. The highest BCUT2D eigenvalue weighted by atomic mass is 16.2. The van der Waals surface area contributed by atoms with Crippen molar-refractivity contribution in [2.45, 2.75) is 85.4 Å². The molecule has 3 aliphatic rings. The van der Waals surface area contributed by atoms with E-state index in [1.54, 1.807) is 6.92 Å². The van der Waals surface area contributed by atoms with Gasteiger partial charge in [0.25, 0.3) is 5.91 Å². The number of hydrogen-bond donors (Lipinski definition) is 4. The van der Waals surface area contributed by atoms with Gasteiger partial charge in [-0.1, -0.05) is 60.5 Å². The molecule has 2 saturated carbocycles. The maximum Gasteiger partial charge on any atom is 0.319 e. The van der Waals surface area contributed by atoms with Crippen molar-refractivity contribution in [1.82, 2.24) is 20.9 Å². The van der Waals surface area contributed by atoms with Crippen LogP contribution in [-0.2, 0) is 19.2 Å². The molecule has 10 nitrogen and oxygen atoms in total. The first-order chi connectivity index (χ1) is 16.6. The van der Waals surface area contributed by atoms with Gasteiger partial charge in [-0.05, 0) is 41.9 Å². The first-order valence-corrected chi connectivity index (χ1v) is 12.7. The molecule has 0 bridgehead atoms. The van der Waals surface area contributed by atoms with Crippen LogP contribution in [-0.4, -0.2) is 59.1 Å². The third kappa shape index (κ3) is 5.57. The van der Waals surface area contributed by atoms with E-state index >= 15 is 0 Å². The van der Waals surface area contributed by atoms with E-state index < -0.39 is 47.2 Å². The Balaban J connectivity index is 1.83. The van der Waals surface area contributed by atoms with Gasteiger partial charge in [-0.2, -0.15) is 0 Å². The molecule has 36 heavy (non-hydrogen) atoms. The average Bonchev–Trinajstić information content (AvgIpc) is 3.06. The number of carbonyl (C=O) groups is 5. The predicted octanol–water partition coefficient (Wildman–Crippen LogP) is 1.45. The van der Waals surface area contributed by atoms with Crippen molar-refractivity contribution in [2.24, 2.45) is 34.3 Å². The predicted molar refractivity (Wildman–Crippen MR) is 134 cm³/mol. The van der Waals surface area contributed by atoms with E-state index in [-0.39, 0.29) is 29.1 Å². The van der Waals surface area contributed by atoms with Gasteiger partial charge in [-0.15, -0.1) is 0 Å². The molecule has 5 amide bonds. The number of nitrogens with one attached hydrogen (secondary N) is 3. The molecule has 5 unspecified atom stereocenters. The van der Waals surface area contributed by atoms with Gasteiger partial charge >= 0.3 is 6.03 Å². The molecule has 10 heteroatoms. The highest BCUT2D eigenvalue weighted by Crippen LogP contribution is 2.65. The number of likely N-dealkylation sites (tertiary alicyclic amines) is 1. The summed E-state index contributed by atoms with van der Waals surface area (Å²) in [7, 11) is 0. The minimum absolute atomic E-state index is 0.0839. The molecule has 0 aromatic carbocycles. The Morgan fingerprint density at radius 1 is 1.11 bits per heavy atom. The Hall–Kier alpha value is -2.91. The molecule has 5 atom stereocenters. The van der Waals surface area contributed by atoms with Crippen LogP contribution in [0.1, 0.15) is 67.2 Å². The lowest BCUT2D eigenvalue weighted by molar-refractivity contribution is -0.145. The van der Waals surface area contributed by atoms with Crippen LogP contribution in [0.15, 0.2) is 12.3 Å². The summed E-state index contributed by atoms with van der Waals surface area (Å²) in [6.07, 6.45) is 3.29. The van der Waals surface area contributed by atoms with Gasteiger partial charge in [-0.25, -0.2) is 4.79 Å². The van der Waals surface area contributed by atoms with Crippen molar-refractivity contribution >= 4 is 29.5 Å². The highest BCUT2D eigenvalue weighted by Gasteiger charge is 2.69. The molecule has 3 rings (SSSR count). The number of allylic oxidation sites excluding steroid dienone is 1. The zero-order valence-electron chi connectivity index (χ0n) is 22.3. The van der Waals surface area contributed by atoms with E-state index in [9.17, 15) is 24.0 Å². The number of hydrogen-bond acceptors (Lipinski definition) is 5. The largest absolute Gasteiger partial charge is 0.363 e. The maximum atomic E-state index is 13.8. The van der Waals surface area contributed by atoms with Crippen molar-refractivity contribution in [3.63, 3.8) is 0 Å². The third-order valence-corrected chi connectivity index (χ3v) is 8.15. The SMILES string of the molecule is C=C(C)NC(=O)NC(C(=O)N1CC2C(C1C(=O)NC(CC1CCC1)C(=O)C(N)=O)C2(C)C)C(C)(C)C. The summed E-state index contributed by atoms with van der Waals surface area (Å²) in [6, 6.07) is -3.26. The van der Waals surface area contributed by atoms with Crippen LogP contribution >= 0.6 is 0 Å². The van der Waals surface area contributed by atoms with Gasteiger partial charge in [0.1, 0.15) is 12.1 Å². The van der Waals surface area contributed by atoms with Gasteiger partial charge in [0, 0.05) is 12.2 Å². The maximum absolute atomic E-state index is 13.8. The van der Waals surface area contributed by atoms with Crippen LogP contribution in [0.2, 0.25) is 0 Å². The first-order valence-electron chi connectivity index (χ1n) is 12.7. The summed E-state index contributed by atoms with van der Waals surface area (Å²) >= 11 is 0. The van der Waals surface area contributed by atoms with Crippen LogP contribution in [0.3, 0.4) is 0 Å². The third-order valence-electron chi connectivity index (χ3n) is 8.15. The van der Waals surface area contributed by atoms with E-state index in [4.69, 9.17) is 5.73 Å². The summed E-state index contributed by atoms with van der Waals surface area (Å²) < 4.78 is 0. The molecule has 0 radical (unpaired) electrons. The van der Waals surface area contributed by atoms with Crippen molar-refractivity contribution in [1.29, 1.82) is 0 Å². The lowest BCUT2D eigenvalue weighted by Crippen LogP contribution is -2.61. The number of Topliss-reactive ketones (excluding diaryl/α,β-unsaturated/α-hetero) is 1. The second-order valence-electron chi connectivity index (χ2n) is 12.4. The monoisotopic (exact) mass is 503 g/mol. The van der Waals surface area contributed by atoms with Gasteiger partial charge in [0.05, 0.1) is 6.04 Å². The summed E-state index contributed by atoms with van der Waals surface area (Å²) in [5.74, 6) is -2.42. The quantitative estimate of drug-likeness (QED) is 0.351. The number of urea groups is 1. The van der Waals surface area contributed by atoms with Crippen molar-refractivity contribution in [3.8, 4) is 0 Å². The Morgan fingerprint density at radius 3 is 2.19 bits per heavy atom. The molecular weight excluding hydrogens is 462 g/mol. The Kier molecular flexibility index (Phi) is 7.58. The van der Waals surface area contributed by atoms with E-state index in [2.05, 4.69) is 36.4 Å². The normalized spacial score (nSPS) is 26.1. The molecule has 1 saturated heterocycles. The van der Waals surface area contributed by atoms with Crippen LogP contribution < -0.4 is 21.7 Å². The molecule has 200 valence electrons. The molecular formula is C26H41N5O5. The zero-order valence-corrected chi connectivity index (χ0v) is 22.3. The molecule has 0 spiro atoms. The Labute approximate surface area is 213 Å². The average molecular weight is 504 g/mol. The Bertz CT molecular complexity index is 964. The molecule has 3 fully saturated rings. The number of carbonyl (C=O) groups excluding carboxylic acids is 5. The summed E-state index contributed by atoms with van der Waals surface area (Å²) in [6.45, 7) is 15.3. The highest BCUT2D eigenvalue weighted by molar-refractivity contribution is 6.37. The van der Waals surface area contributed by atoms with Gasteiger partial charge in [-0.3, -0.25) is 19.2 Å². The van der Waals surface area contributed by atoms with Gasteiger partial charge in [0.15, 0.2) is 0 Å². The van der Waals surface area contributed by atoms with Gasteiger partial charge in [0.2, 0.25) is 17.6 Å². The number of piperidine rings is 1. The first kappa shape index (κ1) is 27.7. The smallest absolute Gasteiger partial charge is 0.319 e. The van der Waals surface area contributed by atoms with Crippen molar-refractivity contribution in [3.05, 3.63) is 12.3 Å². The van der Waals surface area contributed by atoms with Crippen molar-refractivity contribution < 1.29 is 24.0 Å². The zero-order chi connectivity index (χ0) is 27.2. The van der Waals surface area contributed by atoms with Crippen LogP contribution in [0.5, 0.6) is 0 Å². The fourth-order valence-corrected chi connectivity index (χ4v) is 5.71. The molecule has 2 aliphatic carbocycles. The topological polar surface area (TPSA) is 151 Å². The fourth-order valence-electron chi connectivity index (χ4n) is 5.71. The number of nitrogens with two attached hydrogens (primary N) is 1. The lowest BCUT2D eigenvalue weighted by Gasteiger charge is -2.38. The van der Waals surface area contributed by atoms with Crippen molar-refractivity contribution in [2.75, 3.05) is 6.54 Å². The van der Waals surface area contributed by atoms with Crippen LogP contribution in [0, 0.1) is 28.6 Å². The van der Waals surface area contributed by atoms with E-state index in [0.29, 0.717) is 18.7 Å². The van der Waals surface area contributed by atoms with Gasteiger partial charge < -0.3 is 26.6 Å². The second-order valence-corrected chi connectivity index (χ2v) is 12.4. The lowest BCUT2D eigenvalue weighted by atomic mass is 9.80. The number of nitrogens with zero attached hydrogens (tertiary/aromatic N) is 1. The number of amides is 5. The fraction of sp³-hybridized carbons (Fsp3) is 0.731. The number of primary amides is 1. The minimum Gasteiger partial charge on any atom is -0.363 e. The van der Waals surface area contributed by atoms with E-state index in [0.717, 1.165) is 19.3 Å². The summed E-state index contributed by atoms with van der Waals surface area (Å²) in [4.78, 5) is 65.6. The molecule has 0 aromatic heterocycles. The Morgan fingerprint density at radius 2 is 1.72 bits per heavy atom. The van der Waals surface area contributed by atoms with Crippen LogP contribution in [0.25, 0.3) is 0 Å². The molecule has 1 aliphatic heterocycles. The molecule has 0 aromatic rings. The number of rotatable bonds is 9. The standard InChI is InChI=1S/C26H41N5O5/c1-13(2)28-24(36)30-20(25(3,4)5)23(35)31-12-15-17(26(15,6)7)18(31)22(34)29-16(19(32)21(27)33)11-14-9-8-10-14/h14-18,20H,1,8-12H2,2-7H3,(H2,27,33)(H,29,34)(H2,28,30,36). The molecule has 1 heterocycles. The number of ketones is 1. The van der Waals surface area contributed by atoms with Crippen LogP contribution in [0.4, 0.5) is 4.79 Å². The summed E-state index contributed by atoms with van der Waals surface area (Å²) in [5.41, 5.74) is 4.92. The molecule has 5 N–H and O–H groups in total. The van der Waals surface area contributed by atoms with E-state index in [1.165, 1.54) is 4.90 Å². The number of fused-ring (bicyclic) bond motifs is 1. The van der Waals surface area contributed by atoms with E-state index in [1.807, 2.05) is 20.8 Å².